The van der Waals surface area contributed by atoms with Crippen molar-refractivity contribution in [1.82, 2.24) is 5.32 Å². The van der Waals surface area contributed by atoms with Crippen LogP contribution >= 0.6 is 0 Å². The van der Waals surface area contributed by atoms with Gasteiger partial charge in [-0.2, -0.15) is 13.2 Å². The van der Waals surface area contributed by atoms with Crippen LogP contribution in [0.4, 0.5) is 13.2 Å². The Labute approximate surface area is 96.8 Å². The molecule has 16 heavy (non-hydrogen) atoms. The highest BCUT2D eigenvalue weighted by atomic mass is 19.4. The summed E-state index contributed by atoms with van der Waals surface area (Å²) in [7, 11) is 0. The van der Waals surface area contributed by atoms with Crippen LogP contribution in [0.2, 0.25) is 0 Å². The Hall–Kier alpha value is -0.250. The molecule has 0 aliphatic carbocycles. The number of unbranched alkanes of at least 4 members (excludes halogenated alkanes) is 3. The van der Waals surface area contributed by atoms with Crippen molar-refractivity contribution in [2.75, 3.05) is 0 Å². The Bertz CT molecular complexity index is 168. The second-order valence-corrected chi connectivity index (χ2v) is 4.64. The lowest BCUT2D eigenvalue weighted by Crippen LogP contribution is -2.37. The molecule has 2 unspecified atom stereocenters. The summed E-state index contributed by atoms with van der Waals surface area (Å²) in [6, 6.07) is -0.310. The SMILES string of the molecule is CCCCCCC(C)NC(C)CC(F)(F)F. The van der Waals surface area contributed by atoms with Crippen molar-refractivity contribution in [2.24, 2.45) is 0 Å². The summed E-state index contributed by atoms with van der Waals surface area (Å²) in [6.45, 7) is 5.70. The van der Waals surface area contributed by atoms with Gasteiger partial charge in [0.1, 0.15) is 0 Å². The fourth-order valence-corrected chi connectivity index (χ4v) is 1.85. The first-order valence-corrected chi connectivity index (χ1v) is 6.18. The molecule has 2 atom stereocenters. The lowest BCUT2D eigenvalue weighted by Gasteiger charge is -2.21. The van der Waals surface area contributed by atoms with Gasteiger partial charge in [-0.05, 0) is 20.3 Å². The van der Waals surface area contributed by atoms with Gasteiger partial charge in [-0.1, -0.05) is 32.6 Å². The number of nitrogens with one attached hydrogen (secondary N) is 1. The van der Waals surface area contributed by atoms with Crippen LogP contribution in [0.15, 0.2) is 0 Å². The van der Waals surface area contributed by atoms with Gasteiger partial charge in [0.05, 0.1) is 6.42 Å². The summed E-state index contributed by atoms with van der Waals surface area (Å²) in [6.07, 6.45) is 0.830. The molecule has 0 heterocycles. The van der Waals surface area contributed by atoms with E-state index in [1.807, 2.05) is 6.92 Å². The van der Waals surface area contributed by atoms with Gasteiger partial charge in [0.25, 0.3) is 0 Å². The van der Waals surface area contributed by atoms with Crippen LogP contribution < -0.4 is 5.32 Å². The number of hydrogen-bond donors (Lipinski definition) is 1. The molecule has 0 radical (unpaired) electrons. The molecule has 0 saturated carbocycles. The maximum Gasteiger partial charge on any atom is 0.390 e. The summed E-state index contributed by atoms with van der Waals surface area (Å²) in [4.78, 5) is 0. The van der Waals surface area contributed by atoms with Crippen molar-refractivity contribution >= 4 is 0 Å². The van der Waals surface area contributed by atoms with Crippen LogP contribution in [0, 0.1) is 0 Å². The zero-order valence-electron chi connectivity index (χ0n) is 10.5. The molecule has 0 amide bonds. The maximum atomic E-state index is 12.1. The lowest BCUT2D eigenvalue weighted by atomic mass is 10.1. The Kier molecular flexibility index (Phi) is 7.81. The highest BCUT2D eigenvalue weighted by molar-refractivity contribution is 4.70. The van der Waals surface area contributed by atoms with Crippen LogP contribution in [0.1, 0.15) is 59.3 Å². The molecule has 0 fully saturated rings. The normalized spacial score (nSPS) is 16.1. The predicted molar refractivity (Wildman–Crippen MR) is 61.5 cm³/mol. The van der Waals surface area contributed by atoms with E-state index in [-0.39, 0.29) is 6.04 Å². The summed E-state index contributed by atoms with van der Waals surface area (Å²) >= 11 is 0. The molecule has 4 heteroatoms. The zero-order chi connectivity index (χ0) is 12.6. The van der Waals surface area contributed by atoms with Crippen molar-refractivity contribution in [3.8, 4) is 0 Å². The number of hydrogen-bond acceptors (Lipinski definition) is 1. The minimum absolute atomic E-state index is 0.175. The van der Waals surface area contributed by atoms with Gasteiger partial charge in [-0.25, -0.2) is 0 Å². The van der Waals surface area contributed by atoms with Crippen molar-refractivity contribution in [3.63, 3.8) is 0 Å². The molecule has 98 valence electrons. The second-order valence-electron chi connectivity index (χ2n) is 4.64. The molecule has 0 aliphatic heterocycles. The average molecular weight is 239 g/mol. The van der Waals surface area contributed by atoms with Gasteiger partial charge < -0.3 is 5.32 Å². The van der Waals surface area contributed by atoms with Crippen molar-refractivity contribution in [1.29, 1.82) is 0 Å². The summed E-state index contributed by atoms with van der Waals surface area (Å²) in [5.41, 5.74) is 0. The first-order chi connectivity index (χ1) is 7.35. The lowest BCUT2D eigenvalue weighted by molar-refractivity contribution is -0.139. The molecule has 1 nitrogen and oxygen atoms in total. The van der Waals surface area contributed by atoms with Crippen molar-refractivity contribution in [2.45, 2.75) is 77.6 Å². The third-order valence-corrected chi connectivity index (χ3v) is 2.60. The zero-order valence-corrected chi connectivity index (χ0v) is 10.5. The van der Waals surface area contributed by atoms with Gasteiger partial charge in [-0.15, -0.1) is 0 Å². The number of halogens is 3. The Morgan fingerprint density at radius 1 is 1.00 bits per heavy atom. The van der Waals surface area contributed by atoms with E-state index in [1.165, 1.54) is 19.3 Å². The first kappa shape index (κ1) is 15.8. The highest BCUT2D eigenvalue weighted by Crippen LogP contribution is 2.21. The van der Waals surface area contributed by atoms with Crippen LogP contribution in [0.5, 0.6) is 0 Å². The van der Waals surface area contributed by atoms with Crippen molar-refractivity contribution in [3.05, 3.63) is 0 Å². The second kappa shape index (κ2) is 7.93. The maximum absolute atomic E-state index is 12.1. The van der Waals surface area contributed by atoms with E-state index in [4.69, 9.17) is 0 Å². The fourth-order valence-electron chi connectivity index (χ4n) is 1.85. The van der Waals surface area contributed by atoms with E-state index >= 15 is 0 Å². The standard InChI is InChI=1S/C12H24F3N/c1-4-5-6-7-8-10(2)16-11(3)9-12(13,14)15/h10-11,16H,4-9H2,1-3H3. The van der Waals surface area contributed by atoms with E-state index in [0.29, 0.717) is 0 Å². The van der Waals surface area contributed by atoms with E-state index in [0.717, 1.165) is 12.8 Å². The summed E-state index contributed by atoms with van der Waals surface area (Å²) in [5.74, 6) is 0. The predicted octanol–water partition coefficient (Wildman–Crippen LogP) is 4.28. The Morgan fingerprint density at radius 3 is 2.12 bits per heavy atom. The van der Waals surface area contributed by atoms with E-state index in [2.05, 4.69) is 12.2 Å². The van der Waals surface area contributed by atoms with Gasteiger partial charge in [-0.3, -0.25) is 0 Å². The first-order valence-electron chi connectivity index (χ1n) is 6.18. The molecule has 0 bridgehead atoms. The number of alkyl halides is 3. The van der Waals surface area contributed by atoms with Crippen molar-refractivity contribution < 1.29 is 13.2 Å². The largest absolute Gasteiger partial charge is 0.390 e. The third kappa shape index (κ3) is 10.3. The number of rotatable bonds is 8. The Balaban J connectivity index is 3.58. The van der Waals surface area contributed by atoms with Gasteiger partial charge in [0.15, 0.2) is 0 Å². The molecule has 0 rings (SSSR count). The molecule has 0 aliphatic rings. The molecule has 0 aromatic rings. The summed E-state index contributed by atoms with van der Waals surface area (Å²) < 4.78 is 36.2. The van der Waals surface area contributed by atoms with Crippen LogP contribution in [0.3, 0.4) is 0 Å². The van der Waals surface area contributed by atoms with Gasteiger partial charge >= 0.3 is 6.18 Å². The minimum atomic E-state index is -4.06. The molecule has 0 aromatic carbocycles. The van der Waals surface area contributed by atoms with Crippen LogP contribution in [-0.4, -0.2) is 18.3 Å². The summed E-state index contributed by atoms with van der Waals surface area (Å²) in [5, 5.41) is 2.99. The fraction of sp³-hybridized carbons (Fsp3) is 1.00. The molecule has 0 spiro atoms. The molecule has 1 N–H and O–H groups in total. The highest BCUT2D eigenvalue weighted by Gasteiger charge is 2.30. The topological polar surface area (TPSA) is 12.0 Å². The van der Waals surface area contributed by atoms with Gasteiger partial charge in [0, 0.05) is 12.1 Å². The van der Waals surface area contributed by atoms with E-state index in [1.54, 1.807) is 6.92 Å². The van der Waals surface area contributed by atoms with Gasteiger partial charge in [0.2, 0.25) is 0 Å². The molecule has 0 saturated heterocycles. The average Bonchev–Trinajstić information content (AvgIpc) is 2.09. The minimum Gasteiger partial charge on any atom is -0.311 e. The molecule has 0 aromatic heterocycles. The molecular weight excluding hydrogens is 215 g/mol. The van der Waals surface area contributed by atoms with Crippen LogP contribution in [-0.2, 0) is 0 Å². The van der Waals surface area contributed by atoms with E-state index < -0.39 is 18.6 Å². The van der Waals surface area contributed by atoms with E-state index in [9.17, 15) is 13.2 Å². The molecular formula is C12H24F3N. The third-order valence-electron chi connectivity index (χ3n) is 2.60. The smallest absolute Gasteiger partial charge is 0.311 e. The Morgan fingerprint density at radius 2 is 1.62 bits per heavy atom. The van der Waals surface area contributed by atoms with Crippen LogP contribution in [0.25, 0.3) is 0 Å². The quantitative estimate of drug-likeness (QED) is 0.623. The monoisotopic (exact) mass is 239 g/mol.